The number of hydrogen-bond acceptors (Lipinski definition) is 2. The first-order chi connectivity index (χ1) is 6.22. The SMILES string of the molecule is N#Cc1cccc(CCC(=O)Cl)c1. The molecule has 0 bridgehead atoms. The summed E-state index contributed by atoms with van der Waals surface area (Å²) in [6.45, 7) is 0. The Morgan fingerprint density at radius 2 is 2.31 bits per heavy atom. The Kier molecular flexibility index (Phi) is 3.48. The van der Waals surface area contributed by atoms with E-state index in [0.717, 1.165) is 5.56 Å². The number of benzene rings is 1. The number of carbonyl (C=O) groups excluding carboxylic acids is 1. The minimum atomic E-state index is -0.345. The molecule has 0 amide bonds. The topological polar surface area (TPSA) is 40.9 Å². The van der Waals surface area contributed by atoms with Gasteiger partial charge in [-0.2, -0.15) is 5.26 Å². The maximum atomic E-state index is 10.5. The fraction of sp³-hybridized carbons (Fsp3) is 0.200. The minimum Gasteiger partial charge on any atom is -0.281 e. The van der Waals surface area contributed by atoms with Crippen LogP contribution in [0.5, 0.6) is 0 Å². The van der Waals surface area contributed by atoms with Crippen LogP contribution < -0.4 is 0 Å². The second-order valence-electron chi connectivity index (χ2n) is 2.67. The second-order valence-corrected chi connectivity index (χ2v) is 3.09. The molecule has 66 valence electrons. The molecule has 0 aliphatic carbocycles. The summed E-state index contributed by atoms with van der Waals surface area (Å²) in [6.07, 6.45) is 0.911. The van der Waals surface area contributed by atoms with Gasteiger partial charge in [-0.05, 0) is 35.7 Å². The average Bonchev–Trinajstić information content (AvgIpc) is 2.15. The number of hydrogen-bond donors (Lipinski definition) is 0. The van der Waals surface area contributed by atoms with Crippen LogP contribution in [-0.2, 0) is 11.2 Å². The zero-order valence-corrected chi connectivity index (χ0v) is 7.71. The Bertz CT molecular complexity index is 354. The second kappa shape index (κ2) is 4.64. The fourth-order valence-corrected chi connectivity index (χ4v) is 1.13. The number of nitrogens with zero attached hydrogens (tertiary/aromatic N) is 1. The van der Waals surface area contributed by atoms with Gasteiger partial charge in [0.2, 0.25) is 5.24 Å². The average molecular weight is 194 g/mol. The van der Waals surface area contributed by atoms with E-state index in [1.807, 2.05) is 12.1 Å². The lowest BCUT2D eigenvalue weighted by molar-refractivity contribution is -0.111. The summed E-state index contributed by atoms with van der Waals surface area (Å²) in [5.74, 6) is 0. The molecule has 0 unspecified atom stereocenters. The summed E-state index contributed by atoms with van der Waals surface area (Å²) >= 11 is 5.20. The summed E-state index contributed by atoms with van der Waals surface area (Å²) in [7, 11) is 0. The summed E-state index contributed by atoms with van der Waals surface area (Å²) in [6, 6.07) is 9.20. The van der Waals surface area contributed by atoms with Gasteiger partial charge in [-0.3, -0.25) is 4.79 Å². The van der Waals surface area contributed by atoms with Gasteiger partial charge >= 0.3 is 0 Å². The fourth-order valence-electron chi connectivity index (χ4n) is 1.04. The van der Waals surface area contributed by atoms with Gasteiger partial charge in [-0.1, -0.05) is 12.1 Å². The zero-order chi connectivity index (χ0) is 9.68. The van der Waals surface area contributed by atoms with Gasteiger partial charge in [0.05, 0.1) is 11.6 Å². The van der Waals surface area contributed by atoms with Gasteiger partial charge in [0.15, 0.2) is 0 Å². The van der Waals surface area contributed by atoms with Crippen LogP contribution in [-0.4, -0.2) is 5.24 Å². The first-order valence-corrected chi connectivity index (χ1v) is 4.27. The van der Waals surface area contributed by atoms with Crippen molar-refractivity contribution in [2.24, 2.45) is 0 Å². The van der Waals surface area contributed by atoms with Crippen molar-refractivity contribution in [2.45, 2.75) is 12.8 Å². The number of rotatable bonds is 3. The largest absolute Gasteiger partial charge is 0.281 e. The van der Waals surface area contributed by atoms with Crippen molar-refractivity contribution < 1.29 is 4.79 Å². The molecule has 2 nitrogen and oxygen atoms in total. The molecule has 0 aliphatic rings. The molecule has 0 atom stereocenters. The van der Waals surface area contributed by atoms with E-state index in [-0.39, 0.29) is 5.24 Å². The highest BCUT2D eigenvalue weighted by Gasteiger charge is 1.98. The van der Waals surface area contributed by atoms with Gasteiger partial charge in [0.1, 0.15) is 0 Å². The monoisotopic (exact) mass is 193 g/mol. The Morgan fingerprint density at radius 1 is 1.54 bits per heavy atom. The molecule has 13 heavy (non-hydrogen) atoms. The van der Waals surface area contributed by atoms with Crippen molar-refractivity contribution in [3.8, 4) is 6.07 Å². The van der Waals surface area contributed by atoms with Crippen LogP contribution in [0.1, 0.15) is 17.5 Å². The lowest BCUT2D eigenvalue weighted by Crippen LogP contribution is -1.91. The predicted molar refractivity (Wildman–Crippen MR) is 50.3 cm³/mol. The van der Waals surface area contributed by atoms with Crippen molar-refractivity contribution in [1.29, 1.82) is 5.26 Å². The molecule has 1 rings (SSSR count). The van der Waals surface area contributed by atoms with E-state index >= 15 is 0 Å². The molecule has 0 aromatic heterocycles. The molecule has 0 saturated heterocycles. The quantitative estimate of drug-likeness (QED) is 0.691. The van der Waals surface area contributed by atoms with E-state index in [0.29, 0.717) is 18.4 Å². The molecule has 0 radical (unpaired) electrons. The van der Waals surface area contributed by atoms with Crippen LogP contribution in [0.4, 0.5) is 0 Å². The van der Waals surface area contributed by atoms with Crippen LogP contribution in [0.2, 0.25) is 0 Å². The molecule has 0 fully saturated rings. The van der Waals surface area contributed by atoms with Crippen LogP contribution in [0.3, 0.4) is 0 Å². The van der Waals surface area contributed by atoms with Crippen LogP contribution in [0.15, 0.2) is 24.3 Å². The van der Waals surface area contributed by atoms with E-state index in [2.05, 4.69) is 0 Å². The third-order valence-electron chi connectivity index (χ3n) is 1.67. The third-order valence-corrected chi connectivity index (χ3v) is 1.86. The predicted octanol–water partition coefficient (Wildman–Crippen LogP) is 2.26. The number of carbonyl (C=O) groups is 1. The number of aryl methyl sites for hydroxylation is 1. The van der Waals surface area contributed by atoms with E-state index < -0.39 is 0 Å². The van der Waals surface area contributed by atoms with Gasteiger partial charge in [0, 0.05) is 6.42 Å². The van der Waals surface area contributed by atoms with Crippen molar-refractivity contribution in [3.05, 3.63) is 35.4 Å². The normalized spacial score (nSPS) is 9.23. The summed E-state index contributed by atoms with van der Waals surface area (Å²) < 4.78 is 0. The summed E-state index contributed by atoms with van der Waals surface area (Å²) in [5, 5.41) is 8.25. The molecule has 0 saturated carbocycles. The molecule has 0 heterocycles. The van der Waals surface area contributed by atoms with Crippen LogP contribution in [0.25, 0.3) is 0 Å². The van der Waals surface area contributed by atoms with Crippen molar-refractivity contribution in [1.82, 2.24) is 0 Å². The Balaban J connectivity index is 2.68. The zero-order valence-electron chi connectivity index (χ0n) is 6.96. The Morgan fingerprint density at radius 3 is 2.92 bits per heavy atom. The highest BCUT2D eigenvalue weighted by molar-refractivity contribution is 6.63. The molecule has 3 heteroatoms. The number of nitriles is 1. The molecule has 1 aromatic carbocycles. The molecule has 0 spiro atoms. The van der Waals surface area contributed by atoms with Gasteiger partial charge in [-0.25, -0.2) is 0 Å². The minimum absolute atomic E-state index is 0.316. The van der Waals surface area contributed by atoms with Gasteiger partial charge < -0.3 is 0 Å². The first kappa shape index (κ1) is 9.76. The van der Waals surface area contributed by atoms with Gasteiger partial charge in [0.25, 0.3) is 0 Å². The van der Waals surface area contributed by atoms with Crippen LogP contribution in [0, 0.1) is 11.3 Å². The Hall–Kier alpha value is -1.33. The highest BCUT2D eigenvalue weighted by atomic mass is 35.5. The van der Waals surface area contributed by atoms with E-state index in [4.69, 9.17) is 16.9 Å². The Labute approximate surface area is 81.7 Å². The molecule has 0 aliphatic heterocycles. The highest BCUT2D eigenvalue weighted by Crippen LogP contribution is 2.07. The first-order valence-electron chi connectivity index (χ1n) is 3.90. The molecule has 0 N–H and O–H groups in total. The molecular weight excluding hydrogens is 186 g/mol. The van der Waals surface area contributed by atoms with Crippen LogP contribution >= 0.6 is 11.6 Å². The lowest BCUT2D eigenvalue weighted by Gasteiger charge is -1.97. The van der Waals surface area contributed by atoms with E-state index in [9.17, 15) is 4.79 Å². The van der Waals surface area contributed by atoms with Gasteiger partial charge in [-0.15, -0.1) is 0 Å². The van der Waals surface area contributed by atoms with E-state index in [1.54, 1.807) is 18.2 Å². The number of halogens is 1. The molecule has 1 aromatic rings. The maximum absolute atomic E-state index is 10.5. The smallest absolute Gasteiger partial charge is 0.221 e. The lowest BCUT2D eigenvalue weighted by atomic mass is 10.1. The molecular formula is C10H8ClNO. The van der Waals surface area contributed by atoms with Crippen molar-refractivity contribution in [2.75, 3.05) is 0 Å². The summed E-state index contributed by atoms with van der Waals surface area (Å²) in [5.41, 5.74) is 1.58. The van der Waals surface area contributed by atoms with Crippen molar-refractivity contribution >= 4 is 16.8 Å². The standard InChI is InChI=1S/C10H8ClNO/c11-10(13)5-4-8-2-1-3-9(6-8)7-12/h1-3,6H,4-5H2. The third kappa shape index (κ3) is 3.27. The van der Waals surface area contributed by atoms with Crippen molar-refractivity contribution in [3.63, 3.8) is 0 Å². The summed E-state index contributed by atoms with van der Waals surface area (Å²) in [4.78, 5) is 10.5. The van der Waals surface area contributed by atoms with E-state index in [1.165, 1.54) is 0 Å². The maximum Gasteiger partial charge on any atom is 0.221 e.